The lowest BCUT2D eigenvalue weighted by Crippen LogP contribution is -2.57. The highest BCUT2D eigenvalue weighted by atomic mass is 16.3. The molecule has 1 amide bonds. The number of amides is 1. The molecule has 4 N–H and O–H groups in total. The molecule has 19 heavy (non-hydrogen) atoms. The van der Waals surface area contributed by atoms with E-state index in [4.69, 9.17) is 5.73 Å². The van der Waals surface area contributed by atoms with Crippen LogP contribution in [0, 0.1) is 0 Å². The maximum atomic E-state index is 12.0. The normalized spacial score (nSPS) is 14.0. The summed E-state index contributed by atoms with van der Waals surface area (Å²) in [7, 11) is 0. The number of carbonyl (C=O) groups excluding carboxylic acids is 1. The minimum absolute atomic E-state index is 0.163. The predicted molar refractivity (Wildman–Crippen MR) is 76.5 cm³/mol. The lowest BCUT2D eigenvalue weighted by Gasteiger charge is -2.38. The van der Waals surface area contributed by atoms with Gasteiger partial charge in [0.2, 0.25) is 5.91 Å². The van der Waals surface area contributed by atoms with Crippen molar-refractivity contribution in [1.29, 1.82) is 0 Å². The van der Waals surface area contributed by atoms with E-state index in [0.29, 0.717) is 0 Å². The molecular formula is C15H24N2O2. The molecule has 0 spiro atoms. The van der Waals surface area contributed by atoms with E-state index in [1.165, 1.54) is 0 Å². The molecule has 106 valence electrons. The van der Waals surface area contributed by atoms with E-state index in [-0.39, 0.29) is 18.4 Å². The minimum Gasteiger partial charge on any atom is -0.388 e. The molecule has 0 fully saturated rings. The van der Waals surface area contributed by atoms with Gasteiger partial charge in [0.05, 0.1) is 11.1 Å². The number of benzene rings is 1. The summed E-state index contributed by atoms with van der Waals surface area (Å²) in [6.45, 7) is 6.92. The zero-order valence-corrected chi connectivity index (χ0v) is 12.1. The van der Waals surface area contributed by atoms with Crippen LogP contribution in [-0.2, 0) is 4.79 Å². The second-order valence-electron chi connectivity index (χ2n) is 5.95. The van der Waals surface area contributed by atoms with E-state index in [1.54, 1.807) is 27.7 Å². The van der Waals surface area contributed by atoms with Crippen molar-refractivity contribution in [2.45, 2.75) is 51.3 Å². The number of hydrogen-bond donors (Lipinski definition) is 3. The minimum atomic E-state index is -1.00. The fraction of sp³-hybridized carbons (Fsp3) is 0.533. The lowest BCUT2D eigenvalue weighted by molar-refractivity contribution is -0.126. The van der Waals surface area contributed by atoms with Crippen molar-refractivity contribution < 1.29 is 9.90 Å². The largest absolute Gasteiger partial charge is 0.388 e. The van der Waals surface area contributed by atoms with E-state index in [2.05, 4.69) is 5.32 Å². The van der Waals surface area contributed by atoms with Crippen LogP contribution in [0.5, 0.6) is 0 Å². The molecule has 1 aromatic rings. The lowest BCUT2D eigenvalue weighted by atomic mass is 9.85. The van der Waals surface area contributed by atoms with E-state index < -0.39 is 11.1 Å². The molecule has 0 heterocycles. The van der Waals surface area contributed by atoms with Gasteiger partial charge < -0.3 is 16.2 Å². The van der Waals surface area contributed by atoms with Gasteiger partial charge >= 0.3 is 0 Å². The van der Waals surface area contributed by atoms with E-state index >= 15 is 0 Å². The van der Waals surface area contributed by atoms with Gasteiger partial charge in [-0.2, -0.15) is 0 Å². The highest BCUT2D eigenvalue weighted by Gasteiger charge is 2.36. The molecule has 4 nitrogen and oxygen atoms in total. The molecule has 0 aliphatic rings. The first-order valence-corrected chi connectivity index (χ1v) is 6.47. The zero-order valence-electron chi connectivity index (χ0n) is 12.1. The first-order valence-electron chi connectivity index (χ1n) is 6.47. The number of nitrogens with one attached hydrogen (secondary N) is 1. The van der Waals surface area contributed by atoms with Crippen molar-refractivity contribution >= 4 is 5.91 Å². The Hall–Kier alpha value is -1.39. The van der Waals surface area contributed by atoms with E-state index in [9.17, 15) is 9.90 Å². The molecule has 0 radical (unpaired) electrons. The van der Waals surface area contributed by atoms with E-state index in [0.717, 1.165) is 5.56 Å². The van der Waals surface area contributed by atoms with Crippen LogP contribution >= 0.6 is 0 Å². The van der Waals surface area contributed by atoms with E-state index in [1.807, 2.05) is 30.3 Å². The van der Waals surface area contributed by atoms with Crippen molar-refractivity contribution in [2.24, 2.45) is 5.73 Å². The van der Waals surface area contributed by atoms with Crippen LogP contribution < -0.4 is 11.1 Å². The monoisotopic (exact) mass is 264 g/mol. The highest BCUT2D eigenvalue weighted by Crippen LogP contribution is 2.21. The third kappa shape index (κ3) is 4.33. The molecular weight excluding hydrogens is 240 g/mol. The second-order valence-corrected chi connectivity index (χ2v) is 5.95. The zero-order chi connectivity index (χ0) is 14.7. The van der Waals surface area contributed by atoms with Gasteiger partial charge in [-0.1, -0.05) is 30.3 Å². The first kappa shape index (κ1) is 15.7. The maximum absolute atomic E-state index is 12.0. The van der Waals surface area contributed by atoms with Crippen molar-refractivity contribution in [3.8, 4) is 0 Å². The second kappa shape index (κ2) is 5.72. The average molecular weight is 264 g/mol. The Balaban J connectivity index is 2.62. The Kier molecular flexibility index (Phi) is 4.71. The molecule has 4 heteroatoms. The summed E-state index contributed by atoms with van der Waals surface area (Å²) in [5, 5.41) is 12.8. The van der Waals surface area contributed by atoms with Gasteiger partial charge in [-0.3, -0.25) is 4.79 Å². The van der Waals surface area contributed by atoms with Gasteiger partial charge in [0, 0.05) is 12.5 Å². The number of rotatable bonds is 5. The number of hydrogen-bond acceptors (Lipinski definition) is 3. The van der Waals surface area contributed by atoms with Crippen molar-refractivity contribution in [3.05, 3.63) is 35.9 Å². The molecule has 0 aromatic heterocycles. The molecule has 0 bridgehead atoms. The summed E-state index contributed by atoms with van der Waals surface area (Å²) in [6.07, 6.45) is 0.198. The third-order valence-electron chi connectivity index (χ3n) is 3.61. The van der Waals surface area contributed by atoms with Crippen LogP contribution in [0.2, 0.25) is 0 Å². The predicted octanol–water partition coefficient (Wildman–Crippen LogP) is 1.74. The number of carbonyl (C=O) groups is 1. The third-order valence-corrected chi connectivity index (χ3v) is 3.61. The Bertz CT molecular complexity index is 422. The van der Waals surface area contributed by atoms with Crippen LogP contribution in [0.1, 0.15) is 45.7 Å². The summed E-state index contributed by atoms with van der Waals surface area (Å²) >= 11 is 0. The topological polar surface area (TPSA) is 75.3 Å². The average Bonchev–Trinajstić information content (AvgIpc) is 2.27. The van der Waals surface area contributed by atoms with Gasteiger partial charge in [0.25, 0.3) is 0 Å². The Morgan fingerprint density at radius 1 is 1.26 bits per heavy atom. The van der Waals surface area contributed by atoms with Crippen molar-refractivity contribution in [3.63, 3.8) is 0 Å². The van der Waals surface area contributed by atoms with Crippen molar-refractivity contribution in [2.75, 3.05) is 0 Å². The molecule has 1 unspecified atom stereocenters. The molecule has 0 saturated heterocycles. The molecule has 1 aromatic carbocycles. The fourth-order valence-corrected chi connectivity index (χ4v) is 1.57. The van der Waals surface area contributed by atoms with Crippen LogP contribution in [0.25, 0.3) is 0 Å². The van der Waals surface area contributed by atoms with Gasteiger partial charge in [-0.05, 0) is 33.3 Å². The summed E-state index contributed by atoms with van der Waals surface area (Å²) in [5.74, 6) is -0.163. The Morgan fingerprint density at radius 3 is 2.26 bits per heavy atom. The quantitative estimate of drug-likeness (QED) is 0.758. The van der Waals surface area contributed by atoms with Crippen LogP contribution in [0.3, 0.4) is 0 Å². The molecule has 1 rings (SSSR count). The van der Waals surface area contributed by atoms with Gasteiger partial charge in [0.1, 0.15) is 0 Å². The van der Waals surface area contributed by atoms with Crippen LogP contribution in [0.15, 0.2) is 30.3 Å². The Labute approximate surface area is 115 Å². The van der Waals surface area contributed by atoms with Crippen LogP contribution in [0.4, 0.5) is 0 Å². The number of nitrogens with two attached hydrogens (primary N) is 1. The number of aliphatic hydroxyl groups is 1. The summed E-state index contributed by atoms with van der Waals surface area (Å²) in [5.41, 5.74) is 5.22. The molecule has 0 aliphatic heterocycles. The summed E-state index contributed by atoms with van der Waals surface area (Å²) in [6, 6.07) is 9.17. The standard InChI is InChI=1S/C15H24N2O2/c1-14(2,15(3,4)19)17-13(18)10-12(16)11-8-6-5-7-9-11/h5-9,12,19H,10,16H2,1-4H3,(H,17,18). The maximum Gasteiger partial charge on any atom is 0.222 e. The summed E-state index contributed by atoms with van der Waals surface area (Å²) < 4.78 is 0. The highest BCUT2D eigenvalue weighted by molar-refractivity contribution is 5.77. The summed E-state index contributed by atoms with van der Waals surface area (Å²) in [4.78, 5) is 12.0. The molecule has 0 saturated carbocycles. The van der Waals surface area contributed by atoms with Crippen molar-refractivity contribution in [1.82, 2.24) is 5.32 Å². The van der Waals surface area contributed by atoms with Crippen LogP contribution in [-0.4, -0.2) is 22.2 Å². The van der Waals surface area contributed by atoms with Gasteiger partial charge in [-0.25, -0.2) is 0 Å². The Morgan fingerprint density at radius 2 is 1.79 bits per heavy atom. The molecule has 1 atom stereocenters. The SMILES string of the molecule is CC(C)(O)C(C)(C)NC(=O)CC(N)c1ccccc1. The van der Waals surface area contributed by atoms with Gasteiger partial charge in [-0.15, -0.1) is 0 Å². The fourth-order valence-electron chi connectivity index (χ4n) is 1.57. The van der Waals surface area contributed by atoms with Gasteiger partial charge in [0.15, 0.2) is 0 Å². The smallest absolute Gasteiger partial charge is 0.222 e. The molecule has 0 aliphatic carbocycles. The first-order chi connectivity index (χ1) is 8.63.